The number of carbonyl (C=O) groups excluding carboxylic acids is 4. The van der Waals surface area contributed by atoms with Crippen molar-refractivity contribution in [2.24, 2.45) is 5.73 Å². The number of halogens is 1. The molecule has 2 aromatic carbocycles. The Labute approximate surface area is 180 Å². The molecule has 3 rings (SSSR count). The lowest BCUT2D eigenvalue weighted by Gasteiger charge is -2.21. The second-order valence-corrected chi connectivity index (χ2v) is 7.89. The van der Waals surface area contributed by atoms with Crippen molar-refractivity contribution in [3.05, 3.63) is 64.1 Å². The summed E-state index contributed by atoms with van der Waals surface area (Å²) in [6.45, 7) is 1.60. The highest BCUT2D eigenvalue weighted by molar-refractivity contribution is 9.10. The number of hydrogen-bond donors (Lipinski definition) is 5. The summed E-state index contributed by atoms with van der Waals surface area (Å²) in [5.41, 5.74) is 5.89. The second kappa shape index (κ2) is 8.54. The van der Waals surface area contributed by atoms with Crippen LogP contribution in [0.2, 0.25) is 0 Å². The van der Waals surface area contributed by atoms with Gasteiger partial charge in [0.15, 0.2) is 0 Å². The van der Waals surface area contributed by atoms with Crippen LogP contribution in [0, 0.1) is 0 Å². The van der Waals surface area contributed by atoms with Crippen LogP contribution in [0.25, 0.3) is 0 Å². The fourth-order valence-electron chi connectivity index (χ4n) is 3.18. The van der Waals surface area contributed by atoms with E-state index in [0.717, 1.165) is 10.0 Å². The van der Waals surface area contributed by atoms with Crippen LogP contribution in [0.3, 0.4) is 0 Å². The number of carbonyl (C=O) groups is 4. The van der Waals surface area contributed by atoms with Crippen molar-refractivity contribution >= 4 is 45.5 Å². The lowest BCUT2D eigenvalue weighted by atomic mass is 9.92. The molecule has 0 bridgehead atoms. The van der Waals surface area contributed by atoms with E-state index >= 15 is 0 Å². The van der Waals surface area contributed by atoms with Crippen LogP contribution >= 0.6 is 15.9 Å². The summed E-state index contributed by atoms with van der Waals surface area (Å²) >= 11 is 3.36. The minimum absolute atomic E-state index is 0.0304. The number of anilines is 1. The van der Waals surface area contributed by atoms with Gasteiger partial charge in [-0.3, -0.25) is 14.9 Å². The zero-order valence-electron chi connectivity index (χ0n) is 16.0. The van der Waals surface area contributed by atoms with Crippen LogP contribution < -0.4 is 27.0 Å². The first-order valence-corrected chi connectivity index (χ1v) is 9.82. The second-order valence-electron chi connectivity index (χ2n) is 6.98. The van der Waals surface area contributed by atoms with E-state index in [-0.39, 0.29) is 12.3 Å². The van der Waals surface area contributed by atoms with Crippen molar-refractivity contribution < 1.29 is 19.2 Å². The summed E-state index contributed by atoms with van der Waals surface area (Å²) in [5.74, 6) is -0.779. The molecule has 2 aromatic rings. The fraction of sp³-hybridized carbons (Fsp3) is 0.200. The van der Waals surface area contributed by atoms with E-state index in [4.69, 9.17) is 5.73 Å². The quantitative estimate of drug-likeness (QED) is 0.410. The van der Waals surface area contributed by atoms with E-state index < -0.39 is 29.6 Å². The van der Waals surface area contributed by atoms with Gasteiger partial charge in [0.2, 0.25) is 5.91 Å². The van der Waals surface area contributed by atoms with Crippen molar-refractivity contribution in [1.82, 2.24) is 16.0 Å². The van der Waals surface area contributed by atoms with Crippen LogP contribution in [0.5, 0.6) is 0 Å². The molecule has 156 valence electrons. The van der Waals surface area contributed by atoms with Crippen molar-refractivity contribution in [1.29, 1.82) is 0 Å². The van der Waals surface area contributed by atoms with E-state index in [1.807, 2.05) is 6.07 Å². The molecule has 0 saturated carbocycles. The molecule has 30 heavy (non-hydrogen) atoms. The van der Waals surface area contributed by atoms with Gasteiger partial charge in [-0.25, -0.2) is 9.59 Å². The molecule has 2 atom stereocenters. The predicted molar refractivity (Wildman–Crippen MR) is 113 cm³/mol. The lowest BCUT2D eigenvalue weighted by Crippen LogP contribution is -2.40. The van der Waals surface area contributed by atoms with Crippen LogP contribution in [-0.4, -0.2) is 23.9 Å². The Kier molecular flexibility index (Phi) is 6.06. The van der Waals surface area contributed by atoms with Crippen molar-refractivity contribution in [2.75, 3.05) is 5.32 Å². The number of amides is 6. The lowest BCUT2D eigenvalue weighted by molar-refractivity contribution is -0.123. The van der Waals surface area contributed by atoms with Gasteiger partial charge in [0, 0.05) is 10.2 Å². The molecule has 1 aliphatic rings. The molecular formula is C20H20BrN5O4. The van der Waals surface area contributed by atoms with Crippen LogP contribution in [0.4, 0.5) is 15.3 Å². The van der Waals surface area contributed by atoms with E-state index in [2.05, 4.69) is 37.2 Å². The summed E-state index contributed by atoms with van der Waals surface area (Å²) in [7, 11) is 0. The maximum atomic E-state index is 12.5. The molecule has 0 aromatic heterocycles. The Morgan fingerprint density at radius 2 is 1.87 bits per heavy atom. The third-order valence-corrected chi connectivity index (χ3v) is 5.24. The topological polar surface area (TPSA) is 142 Å². The van der Waals surface area contributed by atoms with Crippen LogP contribution in [0.1, 0.15) is 30.5 Å². The number of nitrogens with one attached hydrogen (secondary N) is 4. The normalized spacial score (nSPS) is 18.9. The summed E-state index contributed by atoms with van der Waals surface area (Å²) in [6, 6.07) is 11.9. The Morgan fingerprint density at radius 3 is 2.43 bits per heavy atom. The van der Waals surface area contributed by atoms with Gasteiger partial charge >= 0.3 is 12.1 Å². The number of primary amides is 1. The van der Waals surface area contributed by atoms with Crippen molar-refractivity contribution in [2.45, 2.75) is 24.9 Å². The number of benzene rings is 2. The average Bonchev–Trinajstić information content (AvgIpc) is 2.94. The van der Waals surface area contributed by atoms with Gasteiger partial charge in [0.05, 0.1) is 12.5 Å². The van der Waals surface area contributed by atoms with Gasteiger partial charge in [0.25, 0.3) is 5.91 Å². The Morgan fingerprint density at radius 1 is 1.17 bits per heavy atom. The molecule has 0 aliphatic carbocycles. The van der Waals surface area contributed by atoms with Gasteiger partial charge in [-0.2, -0.15) is 0 Å². The van der Waals surface area contributed by atoms with Crippen LogP contribution in [0.15, 0.2) is 53.0 Å². The van der Waals surface area contributed by atoms with E-state index in [1.54, 1.807) is 49.4 Å². The first kappa shape index (κ1) is 21.3. The minimum atomic E-state index is -1.17. The highest BCUT2D eigenvalue weighted by Crippen LogP contribution is 2.26. The summed E-state index contributed by atoms with van der Waals surface area (Å²) < 4.78 is 0.809. The zero-order valence-corrected chi connectivity index (χ0v) is 17.6. The highest BCUT2D eigenvalue weighted by Gasteiger charge is 2.43. The smallest absolute Gasteiger partial charge is 0.322 e. The first-order chi connectivity index (χ1) is 14.2. The monoisotopic (exact) mass is 473 g/mol. The minimum Gasteiger partial charge on any atom is -0.352 e. The first-order valence-electron chi connectivity index (χ1n) is 9.03. The maximum Gasteiger partial charge on any atom is 0.322 e. The third kappa shape index (κ3) is 4.77. The molecular weight excluding hydrogens is 454 g/mol. The van der Waals surface area contributed by atoms with Crippen molar-refractivity contribution in [3.63, 3.8) is 0 Å². The molecule has 1 heterocycles. The van der Waals surface area contributed by atoms with E-state index in [9.17, 15) is 19.2 Å². The third-order valence-electron chi connectivity index (χ3n) is 4.75. The van der Waals surface area contributed by atoms with Crippen molar-refractivity contribution in [3.8, 4) is 0 Å². The SMILES string of the molecule is CC1(c2ccc(NC(=O)CC(NC(N)=O)c3cccc(Br)c3)cc2)NC(=O)NC1=O. The molecule has 0 spiro atoms. The van der Waals surface area contributed by atoms with E-state index in [0.29, 0.717) is 11.3 Å². The van der Waals surface area contributed by atoms with E-state index in [1.165, 1.54) is 0 Å². The molecule has 9 nitrogen and oxygen atoms in total. The molecule has 1 fully saturated rings. The Bertz CT molecular complexity index is 1010. The fourth-order valence-corrected chi connectivity index (χ4v) is 3.59. The average molecular weight is 474 g/mol. The van der Waals surface area contributed by atoms with Gasteiger partial charge in [-0.1, -0.05) is 40.2 Å². The molecule has 6 N–H and O–H groups in total. The van der Waals surface area contributed by atoms with Gasteiger partial charge in [-0.05, 0) is 42.3 Å². The summed E-state index contributed by atoms with van der Waals surface area (Å²) in [4.78, 5) is 47.3. The van der Waals surface area contributed by atoms with Gasteiger partial charge in [-0.15, -0.1) is 0 Å². The van der Waals surface area contributed by atoms with Crippen LogP contribution in [-0.2, 0) is 15.1 Å². The number of rotatable bonds is 6. The summed E-state index contributed by atoms with van der Waals surface area (Å²) in [6.07, 6.45) is -0.0304. The number of nitrogens with two attached hydrogens (primary N) is 1. The highest BCUT2D eigenvalue weighted by atomic mass is 79.9. The summed E-state index contributed by atoms with van der Waals surface area (Å²) in [5, 5.41) is 10.1. The molecule has 0 radical (unpaired) electrons. The maximum absolute atomic E-state index is 12.5. The number of urea groups is 2. The number of imide groups is 1. The van der Waals surface area contributed by atoms with Gasteiger partial charge < -0.3 is 21.7 Å². The Hall–Kier alpha value is -3.40. The standard InChI is InChI=1S/C20H20BrN5O4/c1-20(17(28)25-19(30)26-20)12-5-7-14(8-6-12)23-16(27)10-15(24-18(22)29)11-3-2-4-13(21)9-11/h2-9,15H,10H2,1H3,(H,23,27)(H3,22,24,29)(H2,25,26,28,30). The largest absolute Gasteiger partial charge is 0.352 e. The number of hydrogen-bond acceptors (Lipinski definition) is 4. The zero-order chi connectivity index (χ0) is 21.9. The molecule has 1 saturated heterocycles. The molecule has 10 heteroatoms. The molecule has 2 unspecified atom stereocenters. The molecule has 1 aliphatic heterocycles. The van der Waals surface area contributed by atoms with Gasteiger partial charge in [0.1, 0.15) is 5.54 Å². The predicted octanol–water partition coefficient (Wildman–Crippen LogP) is 2.24. The molecule has 6 amide bonds. The Balaban J connectivity index is 1.69.